The highest BCUT2D eigenvalue weighted by molar-refractivity contribution is 6.30. The molecule has 0 fully saturated rings. The molecule has 1 amide bonds. The molecule has 1 heterocycles. The van der Waals surface area contributed by atoms with Crippen LogP contribution in [0, 0.1) is 0 Å². The molecule has 0 saturated carbocycles. The first-order valence-electron chi connectivity index (χ1n) is 10.4. The SMILES string of the molecule is CCOc1cc2occ(-c3ccc(Cl)cc3)c2cc1/C(C)=C/C(=O)NCCCN(C)C. The van der Waals surface area contributed by atoms with E-state index in [1.54, 1.807) is 12.3 Å². The number of carbonyl (C=O) groups excluding carboxylic acids is 1. The van der Waals surface area contributed by atoms with Crippen LogP contribution in [0.3, 0.4) is 0 Å². The second kappa shape index (κ2) is 10.5. The lowest BCUT2D eigenvalue weighted by Gasteiger charge is -2.12. The number of benzene rings is 2. The summed E-state index contributed by atoms with van der Waals surface area (Å²) in [4.78, 5) is 14.5. The van der Waals surface area contributed by atoms with Crippen LogP contribution in [-0.4, -0.2) is 44.6 Å². The summed E-state index contributed by atoms with van der Waals surface area (Å²) in [5.41, 5.74) is 4.42. The van der Waals surface area contributed by atoms with Crippen LogP contribution in [0.25, 0.3) is 27.7 Å². The van der Waals surface area contributed by atoms with Gasteiger partial charge >= 0.3 is 0 Å². The van der Waals surface area contributed by atoms with Gasteiger partial charge in [0.1, 0.15) is 11.3 Å². The van der Waals surface area contributed by atoms with Crippen LogP contribution >= 0.6 is 11.6 Å². The van der Waals surface area contributed by atoms with Gasteiger partial charge in [-0.25, -0.2) is 0 Å². The van der Waals surface area contributed by atoms with Gasteiger partial charge in [0.25, 0.3) is 0 Å². The molecule has 3 aromatic rings. The molecule has 0 saturated heterocycles. The van der Waals surface area contributed by atoms with Crippen molar-refractivity contribution in [3.05, 3.63) is 59.3 Å². The van der Waals surface area contributed by atoms with Crippen LogP contribution in [0.1, 0.15) is 25.8 Å². The van der Waals surface area contributed by atoms with Crippen molar-refractivity contribution < 1.29 is 13.9 Å². The predicted molar refractivity (Wildman–Crippen MR) is 128 cm³/mol. The molecule has 6 heteroatoms. The van der Waals surface area contributed by atoms with Gasteiger partial charge in [-0.2, -0.15) is 0 Å². The maximum Gasteiger partial charge on any atom is 0.244 e. The third-order valence-corrected chi connectivity index (χ3v) is 5.24. The monoisotopic (exact) mass is 440 g/mol. The Bertz CT molecular complexity index is 1070. The van der Waals surface area contributed by atoms with Crippen molar-refractivity contribution in [1.29, 1.82) is 0 Å². The summed E-state index contributed by atoms with van der Waals surface area (Å²) in [6.45, 7) is 5.95. The van der Waals surface area contributed by atoms with Crippen molar-refractivity contribution in [1.82, 2.24) is 10.2 Å². The molecule has 2 aromatic carbocycles. The summed E-state index contributed by atoms with van der Waals surface area (Å²) in [5, 5.41) is 4.60. The Balaban J connectivity index is 1.91. The van der Waals surface area contributed by atoms with Crippen LogP contribution in [0.5, 0.6) is 5.75 Å². The third kappa shape index (κ3) is 5.90. The number of halogens is 1. The molecule has 31 heavy (non-hydrogen) atoms. The summed E-state index contributed by atoms with van der Waals surface area (Å²) in [5.74, 6) is 0.588. The standard InChI is InChI=1S/C25H29ClN2O3/c1-5-30-23-15-24-21(22(16-31-24)18-7-9-19(26)10-8-18)14-20(23)17(2)13-25(29)27-11-6-12-28(3)4/h7-10,13-16H,5-6,11-12H2,1-4H3,(H,27,29)/b17-13+. The normalized spacial score (nSPS) is 11.9. The smallest absolute Gasteiger partial charge is 0.244 e. The van der Waals surface area contributed by atoms with Crippen molar-refractivity contribution in [2.24, 2.45) is 0 Å². The highest BCUT2D eigenvalue weighted by Gasteiger charge is 2.15. The number of amides is 1. The Morgan fingerprint density at radius 2 is 1.97 bits per heavy atom. The minimum Gasteiger partial charge on any atom is -0.493 e. The summed E-state index contributed by atoms with van der Waals surface area (Å²) in [6.07, 6.45) is 4.27. The highest BCUT2D eigenvalue weighted by Crippen LogP contribution is 2.37. The van der Waals surface area contributed by atoms with Crippen LogP contribution in [0.15, 0.2) is 53.2 Å². The second-order valence-electron chi connectivity index (χ2n) is 7.71. The lowest BCUT2D eigenvalue weighted by molar-refractivity contribution is -0.116. The minimum absolute atomic E-state index is 0.107. The number of carbonyl (C=O) groups is 1. The zero-order chi connectivity index (χ0) is 22.4. The van der Waals surface area contributed by atoms with E-state index in [2.05, 4.69) is 10.2 Å². The predicted octanol–water partition coefficient (Wildman–Crippen LogP) is 5.62. The van der Waals surface area contributed by atoms with E-state index in [-0.39, 0.29) is 5.91 Å². The molecule has 1 N–H and O–H groups in total. The van der Waals surface area contributed by atoms with Gasteiger partial charge in [-0.05, 0) is 70.2 Å². The van der Waals surface area contributed by atoms with Crippen LogP contribution in [-0.2, 0) is 4.79 Å². The van der Waals surface area contributed by atoms with E-state index in [4.69, 9.17) is 20.8 Å². The molecule has 0 radical (unpaired) electrons. The largest absolute Gasteiger partial charge is 0.493 e. The summed E-state index contributed by atoms with van der Waals surface area (Å²) in [6, 6.07) is 11.6. The summed E-state index contributed by atoms with van der Waals surface area (Å²) in [7, 11) is 4.04. The second-order valence-corrected chi connectivity index (χ2v) is 8.15. The van der Waals surface area contributed by atoms with E-state index in [0.29, 0.717) is 23.9 Å². The molecular formula is C25H29ClN2O3. The van der Waals surface area contributed by atoms with Gasteiger partial charge in [0.2, 0.25) is 5.91 Å². The number of nitrogens with zero attached hydrogens (tertiary/aromatic N) is 1. The number of hydrogen-bond acceptors (Lipinski definition) is 4. The summed E-state index contributed by atoms with van der Waals surface area (Å²) >= 11 is 6.04. The van der Waals surface area contributed by atoms with Gasteiger partial charge in [0.15, 0.2) is 0 Å². The maximum atomic E-state index is 12.4. The third-order valence-electron chi connectivity index (χ3n) is 4.98. The molecule has 1 aromatic heterocycles. The molecule has 0 aliphatic rings. The number of allylic oxidation sites excluding steroid dienone is 1. The summed E-state index contributed by atoms with van der Waals surface area (Å²) < 4.78 is 11.7. The highest BCUT2D eigenvalue weighted by atomic mass is 35.5. The van der Waals surface area contributed by atoms with Crippen molar-refractivity contribution in [2.75, 3.05) is 33.8 Å². The Morgan fingerprint density at radius 3 is 2.65 bits per heavy atom. The molecular weight excluding hydrogens is 412 g/mol. The van der Waals surface area contributed by atoms with E-state index < -0.39 is 0 Å². The van der Waals surface area contributed by atoms with E-state index in [1.165, 1.54) is 0 Å². The number of rotatable bonds is 9. The molecule has 0 unspecified atom stereocenters. The fourth-order valence-corrected chi connectivity index (χ4v) is 3.55. The molecule has 0 atom stereocenters. The maximum absolute atomic E-state index is 12.4. The van der Waals surface area contributed by atoms with Crippen molar-refractivity contribution >= 4 is 34.1 Å². The number of ether oxygens (including phenoxy) is 1. The van der Waals surface area contributed by atoms with Gasteiger partial charge in [-0.1, -0.05) is 23.7 Å². The quantitative estimate of drug-likeness (QED) is 0.346. The van der Waals surface area contributed by atoms with Crippen molar-refractivity contribution in [3.8, 4) is 16.9 Å². The van der Waals surface area contributed by atoms with Crippen LogP contribution < -0.4 is 10.1 Å². The van der Waals surface area contributed by atoms with Gasteiger partial charge < -0.3 is 19.4 Å². The Kier molecular flexibility index (Phi) is 7.77. The first kappa shape index (κ1) is 22.9. The number of furan rings is 1. The van der Waals surface area contributed by atoms with E-state index in [9.17, 15) is 4.79 Å². The van der Waals surface area contributed by atoms with Crippen molar-refractivity contribution in [2.45, 2.75) is 20.3 Å². The lowest BCUT2D eigenvalue weighted by Crippen LogP contribution is -2.25. The fourth-order valence-electron chi connectivity index (χ4n) is 3.42. The topological polar surface area (TPSA) is 54.7 Å². The van der Waals surface area contributed by atoms with E-state index >= 15 is 0 Å². The molecule has 0 aliphatic carbocycles. The Hall–Kier alpha value is -2.76. The molecule has 3 rings (SSSR count). The Labute approximate surface area is 188 Å². The first-order chi connectivity index (χ1) is 14.9. The molecule has 0 bridgehead atoms. The number of hydrogen-bond donors (Lipinski definition) is 1. The lowest BCUT2D eigenvalue weighted by atomic mass is 9.99. The molecule has 5 nitrogen and oxygen atoms in total. The first-order valence-corrected chi connectivity index (χ1v) is 10.8. The zero-order valence-electron chi connectivity index (χ0n) is 18.5. The van der Waals surface area contributed by atoms with Crippen LogP contribution in [0.4, 0.5) is 0 Å². The molecule has 164 valence electrons. The average Bonchev–Trinajstić information content (AvgIpc) is 3.14. The van der Waals surface area contributed by atoms with E-state index in [0.717, 1.165) is 46.2 Å². The fraction of sp³-hybridized carbons (Fsp3) is 0.320. The average molecular weight is 441 g/mol. The van der Waals surface area contributed by atoms with Gasteiger partial charge in [0.05, 0.1) is 12.9 Å². The van der Waals surface area contributed by atoms with Gasteiger partial charge in [0, 0.05) is 40.2 Å². The minimum atomic E-state index is -0.107. The van der Waals surface area contributed by atoms with Crippen LogP contribution in [0.2, 0.25) is 5.02 Å². The van der Waals surface area contributed by atoms with E-state index in [1.807, 2.05) is 64.3 Å². The van der Waals surface area contributed by atoms with Crippen molar-refractivity contribution in [3.63, 3.8) is 0 Å². The Morgan fingerprint density at radius 1 is 1.23 bits per heavy atom. The molecule has 0 spiro atoms. The zero-order valence-corrected chi connectivity index (χ0v) is 19.3. The number of nitrogens with one attached hydrogen (secondary N) is 1. The van der Waals surface area contributed by atoms with Gasteiger partial charge in [-0.3, -0.25) is 4.79 Å². The van der Waals surface area contributed by atoms with Gasteiger partial charge in [-0.15, -0.1) is 0 Å². The number of fused-ring (bicyclic) bond motifs is 1. The molecule has 0 aliphatic heterocycles.